The molecule has 2 atom stereocenters. The molecular weight excluding hydrogens is 186 g/mol. The molecule has 0 saturated carbocycles. The number of carbonyl (C=O) groups excluding carboxylic acids is 2. The van der Waals surface area contributed by atoms with E-state index in [-0.39, 0.29) is 17.4 Å². The Labute approximate surface area is 81.7 Å². The largest absolute Gasteiger partial charge is 0.450 e. The Bertz CT molecular complexity index is 285. The van der Waals surface area contributed by atoms with Crippen LogP contribution in [0.4, 0.5) is 0 Å². The fourth-order valence-electron chi connectivity index (χ4n) is 1.81. The van der Waals surface area contributed by atoms with Gasteiger partial charge in [0.15, 0.2) is 0 Å². The SMILES string of the molecule is CC(=O)O[C@@H]1C(=O)N[C@@H]1C1(C)COC1. The second-order valence-corrected chi connectivity index (χ2v) is 4.16. The number of esters is 1. The minimum Gasteiger partial charge on any atom is -0.450 e. The van der Waals surface area contributed by atoms with Crippen LogP contribution in [0.2, 0.25) is 0 Å². The topological polar surface area (TPSA) is 64.6 Å². The average molecular weight is 199 g/mol. The van der Waals surface area contributed by atoms with E-state index >= 15 is 0 Å². The number of ether oxygens (including phenoxy) is 2. The highest BCUT2D eigenvalue weighted by Gasteiger charge is 2.55. The van der Waals surface area contributed by atoms with Gasteiger partial charge in [-0.1, -0.05) is 6.92 Å². The summed E-state index contributed by atoms with van der Waals surface area (Å²) >= 11 is 0. The van der Waals surface area contributed by atoms with Crippen molar-refractivity contribution in [1.82, 2.24) is 5.32 Å². The predicted octanol–water partition coefficient (Wildman–Crippen LogP) is -0.547. The van der Waals surface area contributed by atoms with Crippen LogP contribution in [0.5, 0.6) is 0 Å². The second-order valence-electron chi connectivity index (χ2n) is 4.16. The molecule has 0 spiro atoms. The summed E-state index contributed by atoms with van der Waals surface area (Å²) in [6, 6.07) is -0.0901. The zero-order valence-corrected chi connectivity index (χ0v) is 8.20. The summed E-state index contributed by atoms with van der Waals surface area (Å²) in [5.41, 5.74) is -0.0754. The lowest BCUT2D eigenvalue weighted by Gasteiger charge is -2.51. The van der Waals surface area contributed by atoms with Gasteiger partial charge in [0.25, 0.3) is 5.91 Å². The molecule has 0 aromatic carbocycles. The highest BCUT2D eigenvalue weighted by Crippen LogP contribution is 2.36. The standard InChI is InChI=1S/C9H13NO4/c1-5(11)14-6-7(10-8(6)12)9(2)3-13-4-9/h6-7H,3-4H2,1-2H3,(H,10,12)/t6-,7-/m0/s1. The molecule has 2 fully saturated rings. The van der Waals surface area contributed by atoms with E-state index in [4.69, 9.17) is 9.47 Å². The first-order chi connectivity index (χ1) is 6.53. The molecule has 1 N–H and O–H groups in total. The van der Waals surface area contributed by atoms with Crippen molar-refractivity contribution in [3.05, 3.63) is 0 Å². The highest BCUT2D eigenvalue weighted by molar-refractivity contribution is 5.90. The number of nitrogens with one attached hydrogen (secondary N) is 1. The molecular formula is C9H13NO4. The molecule has 2 saturated heterocycles. The van der Waals surface area contributed by atoms with Crippen molar-refractivity contribution in [1.29, 1.82) is 0 Å². The summed E-state index contributed by atoms with van der Waals surface area (Å²) in [4.78, 5) is 21.9. The van der Waals surface area contributed by atoms with Gasteiger partial charge in [-0.3, -0.25) is 9.59 Å². The molecule has 2 rings (SSSR count). The van der Waals surface area contributed by atoms with E-state index in [1.807, 2.05) is 6.92 Å². The Morgan fingerprint density at radius 3 is 2.64 bits per heavy atom. The van der Waals surface area contributed by atoms with E-state index in [9.17, 15) is 9.59 Å². The van der Waals surface area contributed by atoms with E-state index in [1.54, 1.807) is 0 Å². The van der Waals surface area contributed by atoms with E-state index < -0.39 is 12.1 Å². The summed E-state index contributed by atoms with van der Waals surface area (Å²) in [5, 5.41) is 2.74. The van der Waals surface area contributed by atoms with Gasteiger partial charge in [-0.2, -0.15) is 0 Å². The van der Waals surface area contributed by atoms with Gasteiger partial charge in [0.05, 0.1) is 19.3 Å². The minimum atomic E-state index is -0.624. The van der Waals surface area contributed by atoms with Crippen molar-refractivity contribution in [2.75, 3.05) is 13.2 Å². The lowest BCUT2D eigenvalue weighted by molar-refractivity contribution is -0.190. The van der Waals surface area contributed by atoms with Gasteiger partial charge < -0.3 is 14.8 Å². The molecule has 78 valence electrons. The number of carbonyl (C=O) groups is 2. The summed E-state index contributed by atoms with van der Waals surface area (Å²) in [7, 11) is 0. The Morgan fingerprint density at radius 1 is 1.64 bits per heavy atom. The van der Waals surface area contributed by atoms with E-state index in [1.165, 1.54) is 6.92 Å². The molecule has 0 aliphatic carbocycles. The lowest BCUT2D eigenvalue weighted by atomic mass is 9.74. The third kappa shape index (κ3) is 1.28. The Balaban J connectivity index is 2.00. The van der Waals surface area contributed by atoms with Crippen LogP contribution >= 0.6 is 0 Å². The third-order valence-electron chi connectivity index (χ3n) is 2.77. The van der Waals surface area contributed by atoms with Crippen molar-refractivity contribution in [2.24, 2.45) is 5.41 Å². The monoisotopic (exact) mass is 199 g/mol. The van der Waals surface area contributed by atoms with Gasteiger partial charge in [0.2, 0.25) is 6.10 Å². The zero-order valence-electron chi connectivity index (χ0n) is 8.20. The number of hydrogen-bond acceptors (Lipinski definition) is 4. The lowest BCUT2D eigenvalue weighted by Crippen LogP contribution is -2.73. The van der Waals surface area contributed by atoms with E-state index in [0.717, 1.165) is 0 Å². The van der Waals surface area contributed by atoms with E-state index in [0.29, 0.717) is 13.2 Å². The number of amides is 1. The minimum absolute atomic E-state index is 0.0754. The molecule has 0 radical (unpaired) electrons. The molecule has 0 bridgehead atoms. The van der Waals surface area contributed by atoms with Gasteiger partial charge in [-0.05, 0) is 0 Å². The highest BCUT2D eigenvalue weighted by atomic mass is 16.6. The molecule has 2 aliphatic heterocycles. The van der Waals surface area contributed by atoms with Crippen LogP contribution in [-0.4, -0.2) is 37.2 Å². The van der Waals surface area contributed by atoms with Gasteiger partial charge in [0, 0.05) is 12.3 Å². The normalized spacial score (nSPS) is 33.7. The van der Waals surface area contributed by atoms with Crippen LogP contribution < -0.4 is 5.32 Å². The summed E-state index contributed by atoms with van der Waals surface area (Å²) in [6.45, 7) is 4.53. The Kier molecular flexibility index (Phi) is 1.99. The van der Waals surface area contributed by atoms with Crippen LogP contribution in [0.3, 0.4) is 0 Å². The Hall–Kier alpha value is -1.10. The van der Waals surface area contributed by atoms with Gasteiger partial charge in [0.1, 0.15) is 0 Å². The fraction of sp³-hybridized carbons (Fsp3) is 0.778. The maximum absolute atomic E-state index is 11.1. The molecule has 2 aliphatic rings. The predicted molar refractivity (Wildman–Crippen MR) is 46.4 cm³/mol. The van der Waals surface area contributed by atoms with Crippen LogP contribution in [0.25, 0.3) is 0 Å². The van der Waals surface area contributed by atoms with Gasteiger partial charge in [-0.15, -0.1) is 0 Å². The number of rotatable bonds is 2. The molecule has 1 amide bonds. The van der Waals surface area contributed by atoms with Crippen LogP contribution in [-0.2, 0) is 19.1 Å². The Morgan fingerprint density at radius 2 is 2.29 bits per heavy atom. The first kappa shape index (κ1) is 9.45. The summed E-state index contributed by atoms with van der Waals surface area (Å²) < 4.78 is 10.0. The number of hydrogen-bond donors (Lipinski definition) is 1. The molecule has 5 heteroatoms. The van der Waals surface area contributed by atoms with Crippen LogP contribution in [0.15, 0.2) is 0 Å². The smallest absolute Gasteiger partial charge is 0.303 e. The molecule has 14 heavy (non-hydrogen) atoms. The van der Waals surface area contributed by atoms with Crippen LogP contribution in [0, 0.1) is 5.41 Å². The average Bonchev–Trinajstić information content (AvgIpc) is 2.06. The third-order valence-corrected chi connectivity index (χ3v) is 2.77. The van der Waals surface area contributed by atoms with Gasteiger partial charge in [-0.25, -0.2) is 0 Å². The van der Waals surface area contributed by atoms with Gasteiger partial charge >= 0.3 is 5.97 Å². The molecule has 5 nitrogen and oxygen atoms in total. The second kappa shape index (κ2) is 2.95. The first-order valence-electron chi connectivity index (χ1n) is 4.58. The van der Waals surface area contributed by atoms with Crippen molar-refractivity contribution < 1.29 is 19.1 Å². The van der Waals surface area contributed by atoms with Crippen LogP contribution in [0.1, 0.15) is 13.8 Å². The fourth-order valence-corrected chi connectivity index (χ4v) is 1.81. The molecule has 2 heterocycles. The first-order valence-corrected chi connectivity index (χ1v) is 4.58. The zero-order chi connectivity index (χ0) is 10.3. The maximum Gasteiger partial charge on any atom is 0.303 e. The van der Waals surface area contributed by atoms with Crippen molar-refractivity contribution in [2.45, 2.75) is 26.0 Å². The van der Waals surface area contributed by atoms with Crippen molar-refractivity contribution >= 4 is 11.9 Å². The molecule has 0 aromatic rings. The summed E-state index contributed by atoms with van der Waals surface area (Å²) in [5.74, 6) is -0.628. The van der Waals surface area contributed by atoms with Crippen molar-refractivity contribution in [3.63, 3.8) is 0 Å². The number of β-lactam (4-membered cyclic amide) rings is 1. The molecule has 0 aromatic heterocycles. The van der Waals surface area contributed by atoms with E-state index in [2.05, 4.69) is 5.32 Å². The molecule has 0 unspecified atom stereocenters. The summed E-state index contributed by atoms with van der Waals surface area (Å²) in [6.07, 6.45) is -0.624. The van der Waals surface area contributed by atoms with Crippen molar-refractivity contribution in [3.8, 4) is 0 Å². The maximum atomic E-state index is 11.1. The quantitative estimate of drug-likeness (QED) is 0.479.